The van der Waals surface area contributed by atoms with Crippen LogP contribution in [-0.4, -0.2) is 26.3 Å². The Hall–Kier alpha value is -2.11. The summed E-state index contributed by atoms with van der Waals surface area (Å²) in [5, 5.41) is 14.8. The Balaban J connectivity index is 1.83. The van der Waals surface area contributed by atoms with Crippen LogP contribution in [0.4, 0.5) is 0 Å². The second kappa shape index (κ2) is 5.83. The van der Waals surface area contributed by atoms with E-state index in [0.29, 0.717) is 10.8 Å². The summed E-state index contributed by atoms with van der Waals surface area (Å²) in [4.78, 5) is 0. The van der Waals surface area contributed by atoms with Gasteiger partial charge >= 0.3 is 0 Å². The van der Waals surface area contributed by atoms with Gasteiger partial charge in [0.2, 0.25) is 5.16 Å². The third-order valence-corrected chi connectivity index (χ3v) is 4.88. The quantitative estimate of drug-likeness (QED) is 0.700. The van der Waals surface area contributed by atoms with Crippen molar-refractivity contribution in [3.8, 4) is 11.4 Å². The highest BCUT2D eigenvalue weighted by atomic mass is 35.5. The first-order valence-corrected chi connectivity index (χ1v) is 8.57. The summed E-state index contributed by atoms with van der Waals surface area (Å²) >= 11 is 7.74. The topological polar surface area (TPSA) is 43.1 Å². The third kappa shape index (κ3) is 2.66. The maximum absolute atomic E-state index is 6.09. The highest BCUT2D eigenvalue weighted by molar-refractivity contribution is 7.99. The van der Waals surface area contributed by atoms with Gasteiger partial charge in [-0.3, -0.25) is 0 Å². The van der Waals surface area contributed by atoms with Crippen LogP contribution in [-0.2, 0) is 0 Å². The van der Waals surface area contributed by atoms with Crippen LogP contribution in [0.2, 0.25) is 5.02 Å². The molecule has 2 aromatic carbocycles. The van der Waals surface area contributed by atoms with Gasteiger partial charge in [0, 0.05) is 21.9 Å². The Bertz CT molecular complexity index is 916. The van der Waals surface area contributed by atoms with Gasteiger partial charge in [0.1, 0.15) is 0 Å². The molecule has 23 heavy (non-hydrogen) atoms. The van der Waals surface area contributed by atoms with Crippen LogP contribution in [0, 0.1) is 6.92 Å². The van der Waals surface area contributed by atoms with Gasteiger partial charge in [0.25, 0.3) is 0 Å². The van der Waals surface area contributed by atoms with Crippen LogP contribution in [0.5, 0.6) is 0 Å². The minimum absolute atomic E-state index is 0.673. The summed E-state index contributed by atoms with van der Waals surface area (Å²) < 4.78 is 1.81. The molecule has 0 saturated heterocycles. The number of rotatable bonds is 2. The van der Waals surface area contributed by atoms with Crippen LogP contribution in [0.3, 0.4) is 0 Å². The predicted molar refractivity (Wildman–Crippen MR) is 94.3 cm³/mol. The molecule has 1 aromatic heterocycles. The number of thioether (sulfide) groups is 1. The van der Waals surface area contributed by atoms with E-state index in [1.54, 1.807) is 11.8 Å². The first-order valence-electron chi connectivity index (χ1n) is 7.20. The smallest absolute Gasteiger partial charge is 0.187 e. The average molecular weight is 341 g/mol. The van der Waals surface area contributed by atoms with Crippen LogP contribution in [0.15, 0.2) is 58.8 Å². The number of nitrogens with zero attached hydrogens (tertiary/aromatic N) is 4. The Morgan fingerprint density at radius 2 is 1.96 bits per heavy atom. The van der Waals surface area contributed by atoms with E-state index in [0.717, 1.165) is 27.7 Å². The van der Waals surface area contributed by atoms with E-state index >= 15 is 0 Å². The van der Waals surface area contributed by atoms with Gasteiger partial charge in [-0.05, 0) is 24.6 Å². The van der Waals surface area contributed by atoms with Gasteiger partial charge in [-0.2, -0.15) is 9.78 Å². The van der Waals surface area contributed by atoms with E-state index in [1.165, 1.54) is 5.56 Å². The van der Waals surface area contributed by atoms with Gasteiger partial charge < -0.3 is 0 Å². The number of fused-ring (bicyclic) bond motifs is 1. The third-order valence-electron chi connectivity index (χ3n) is 3.71. The van der Waals surface area contributed by atoms with Crippen molar-refractivity contribution in [2.45, 2.75) is 12.1 Å². The lowest BCUT2D eigenvalue weighted by molar-refractivity contribution is 0.762. The van der Waals surface area contributed by atoms with Crippen LogP contribution < -0.4 is 0 Å². The van der Waals surface area contributed by atoms with E-state index in [2.05, 4.69) is 29.3 Å². The van der Waals surface area contributed by atoms with Gasteiger partial charge in [0.05, 0.1) is 5.71 Å². The number of halogens is 1. The molecule has 1 aliphatic rings. The maximum Gasteiger partial charge on any atom is 0.212 e. The second-order valence-electron chi connectivity index (χ2n) is 5.28. The molecule has 4 rings (SSSR count). The average Bonchev–Trinajstić information content (AvgIpc) is 2.98. The van der Waals surface area contributed by atoms with Gasteiger partial charge in [-0.1, -0.05) is 59.8 Å². The fourth-order valence-electron chi connectivity index (χ4n) is 2.56. The van der Waals surface area contributed by atoms with E-state index in [9.17, 15) is 0 Å². The fourth-order valence-corrected chi connectivity index (χ4v) is 3.58. The molecule has 6 heteroatoms. The maximum atomic E-state index is 6.09. The highest BCUT2D eigenvalue weighted by Gasteiger charge is 2.21. The summed E-state index contributed by atoms with van der Waals surface area (Å²) in [5.41, 5.74) is 4.32. The molecule has 0 saturated carbocycles. The lowest BCUT2D eigenvalue weighted by atomic mass is 10.1. The highest BCUT2D eigenvalue weighted by Crippen LogP contribution is 2.29. The largest absolute Gasteiger partial charge is 0.212 e. The van der Waals surface area contributed by atoms with Crippen molar-refractivity contribution >= 4 is 29.1 Å². The SMILES string of the molecule is Cc1ccccc1C1=Nn2c(nnc2-c2cccc(Cl)c2)SC1. The zero-order valence-corrected chi connectivity index (χ0v) is 14.0. The Morgan fingerprint density at radius 3 is 2.78 bits per heavy atom. The lowest BCUT2D eigenvalue weighted by Crippen LogP contribution is -2.14. The van der Waals surface area contributed by atoms with Gasteiger partial charge in [-0.25, -0.2) is 0 Å². The molecule has 114 valence electrons. The first-order chi connectivity index (χ1) is 11.2. The predicted octanol–water partition coefficient (Wildman–Crippen LogP) is 4.27. The molecule has 0 N–H and O–H groups in total. The summed E-state index contributed by atoms with van der Waals surface area (Å²) in [5.74, 6) is 1.50. The Labute approximate surface area is 143 Å². The number of benzene rings is 2. The number of hydrogen-bond acceptors (Lipinski definition) is 4. The zero-order chi connectivity index (χ0) is 15.8. The lowest BCUT2D eigenvalue weighted by Gasteiger charge is -2.15. The molecule has 3 aromatic rings. The van der Waals surface area contributed by atoms with E-state index in [4.69, 9.17) is 16.7 Å². The van der Waals surface area contributed by atoms with Crippen LogP contribution >= 0.6 is 23.4 Å². The molecule has 0 amide bonds. The Morgan fingerprint density at radius 1 is 1.09 bits per heavy atom. The molecular formula is C17H13ClN4S. The zero-order valence-electron chi connectivity index (χ0n) is 12.4. The first kappa shape index (κ1) is 14.5. The van der Waals surface area contributed by atoms with E-state index < -0.39 is 0 Å². The minimum atomic E-state index is 0.673. The summed E-state index contributed by atoms with van der Waals surface area (Å²) in [6.07, 6.45) is 0. The molecule has 0 radical (unpaired) electrons. The molecule has 0 spiro atoms. The van der Waals surface area contributed by atoms with Crippen molar-refractivity contribution in [3.05, 3.63) is 64.7 Å². The normalized spacial score (nSPS) is 13.6. The van der Waals surface area contributed by atoms with E-state index in [-0.39, 0.29) is 0 Å². The van der Waals surface area contributed by atoms with Crippen molar-refractivity contribution in [1.29, 1.82) is 0 Å². The summed E-state index contributed by atoms with van der Waals surface area (Å²) in [6, 6.07) is 15.9. The Kier molecular flexibility index (Phi) is 3.67. The van der Waals surface area contributed by atoms with Crippen molar-refractivity contribution in [2.24, 2.45) is 5.10 Å². The fraction of sp³-hybridized carbons (Fsp3) is 0.118. The molecule has 1 aliphatic heterocycles. The van der Waals surface area contributed by atoms with Crippen LogP contribution in [0.1, 0.15) is 11.1 Å². The van der Waals surface area contributed by atoms with Crippen molar-refractivity contribution in [3.63, 3.8) is 0 Å². The molecule has 4 nitrogen and oxygen atoms in total. The van der Waals surface area contributed by atoms with Crippen molar-refractivity contribution < 1.29 is 0 Å². The van der Waals surface area contributed by atoms with Crippen molar-refractivity contribution in [1.82, 2.24) is 14.9 Å². The molecule has 0 atom stereocenters. The van der Waals surface area contributed by atoms with Crippen molar-refractivity contribution in [2.75, 3.05) is 5.75 Å². The molecule has 0 unspecified atom stereocenters. The molecule has 0 aliphatic carbocycles. The molecule has 0 bridgehead atoms. The van der Waals surface area contributed by atoms with Gasteiger partial charge in [-0.15, -0.1) is 10.2 Å². The summed E-state index contributed by atoms with van der Waals surface area (Å²) in [7, 11) is 0. The number of aromatic nitrogens is 3. The molecular weight excluding hydrogens is 328 g/mol. The number of hydrogen-bond donors (Lipinski definition) is 0. The monoisotopic (exact) mass is 340 g/mol. The minimum Gasteiger partial charge on any atom is -0.187 e. The molecule has 0 fully saturated rings. The summed E-state index contributed by atoms with van der Waals surface area (Å²) in [6.45, 7) is 2.10. The number of aryl methyl sites for hydroxylation is 1. The standard InChI is InChI=1S/C17H13ClN4S/c1-11-5-2-3-8-14(11)15-10-23-17-20-19-16(22(17)21-15)12-6-4-7-13(18)9-12/h2-9H,10H2,1H3. The molecule has 2 heterocycles. The van der Waals surface area contributed by atoms with Gasteiger partial charge in [0.15, 0.2) is 5.82 Å². The second-order valence-corrected chi connectivity index (χ2v) is 6.66. The van der Waals surface area contributed by atoms with E-state index in [1.807, 2.05) is 41.1 Å². The van der Waals surface area contributed by atoms with Crippen LogP contribution in [0.25, 0.3) is 11.4 Å².